The van der Waals surface area contributed by atoms with Crippen LogP contribution in [0.4, 0.5) is 5.82 Å². The molecule has 5 nitrogen and oxygen atoms in total. The Morgan fingerprint density at radius 3 is 3.05 bits per heavy atom. The van der Waals surface area contributed by atoms with E-state index in [4.69, 9.17) is 4.74 Å². The minimum absolute atomic E-state index is 0.0474. The molecule has 1 saturated heterocycles. The largest absolute Gasteiger partial charge is 0.394 e. The van der Waals surface area contributed by atoms with Crippen molar-refractivity contribution < 1.29 is 9.84 Å². The molecule has 2 N–H and O–H groups in total. The number of hydrogen-bond acceptors (Lipinski definition) is 5. The number of hydrogen-bond donors (Lipinski definition) is 2. The van der Waals surface area contributed by atoms with Crippen LogP contribution in [0.25, 0.3) is 0 Å². The highest BCUT2D eigenvalue weighted by molar-refractivity contribution is 5.49. The van der Waals surface area contributed by atoms with E-state index < -0.39 is 0 Å². The molecule has 2 heterocycles. The zero-order chi connectivity index (χ0) is 14.5. The van der Waals surface area contributed by atoms with Crippen LogP contribution in [0.1, 0.15) is 32.4 Å². The minimum atomic E-state index is -0.136. The summed E-state index contributed by atoms with van der Waals surface area (Å²) in [5.41, 5.74) is 1.19. The predicted molar refractivity (Wildman–Crippen MR) is 80.0 cm³/mol. The molecule has 1 fully saturated rings. The molecule has 0 aliphatic carbocycles. The fourth-order valence-electron chi connectivity index (χ4n) is 2.75. The summed E-state index contributed by atoms with van der Waals surface area (Å²) in [5, 5.41) is 12.8. The first-order valence-electron chi connectivity index (χ1n) is 7.35. The predicted octanol–water partition coefficient (Wildman–Crippen LogP) is 1.34. The Morgan fingerprint density at radius 1 is 1.55 bits per heavy atom. The molecule has 112 valence electrons. The minimum Gasteiger partial charge on any atom is -0.394 e. The van der Waals surface area contributed by atoms with Gasteiger partial charge in [0.05, 0.1) is 18.8 Å². The van der Waals surface area contributed by atoms with Crippen LogP contribution in [0, 0.1) is 0 Å². The van der Waals surface area contributed by atoms with Crippen molar-refractivity contribution in [1.82, 2.24) is 10.3 Å². The first kappa shape index (κ1) is 15.2. The van der Waals surface area contributed by atoms with Crippen LogP contribution in [0.2, 0.25) is 0 Å². The summed E-state index contributed by atoms with van der Waals surface area (Å²) in [6, 6.07) is 4.35. The molecule has 3 atom stereocenters. The number of nitrogens with zero attached hydrogens (tertiary/aromatic N) is 2. The first-order valence-corrected chi connectivity index (χ1v) is 7.35. The monoisotopic (exact) mass is 279 g/mol. The van der Waals surface area contributed by atoms with Crippen molar-refractivity contribution in [2.45, 2.75) is 39.0 Å². The van der Waals surface area contributed by atoms with Gasteiger partial charge in [-0.15, -0.1) is 0 Å². The number of ether oxygens (including phenoxy) is 1. The Hall–Kier alpha value is -1.17. The quantitative estimate of drug-likeness (QED) is 0.852. The maximum atomic E-state index is 9.35. The van der Waals surface area contributed by atoms with Crippen LogP contribution < -0.4 is 10.2 Å². The Bertz CT molecular complexity index is 427. The summed E-state index contributed by atoms with van der Waals surface area (Å²) >= 11 is 0. The average Bonchev–Trinajstić information content (AvgIpc) is 2.46. The van der Waals surface area contributed by atoms with Crippen LogP contribution >= 0.6 is 0 Å². The molecule has 0 aromatic carbocycles. The summed E-state index contributed by atoms with van der Waals surface area (Å²) in [4.78, 5) is 6.78. The molecule has 5 heteroatoms. The molecule has 1 aliphatic rings. The third kappa shape index (κ3) is 3.48. The van der Waals surface area contributed by atoms with Gasteiger partial charge in [0.15, 0.2) is 0 Å². The van der Waals surface area contributed by atoms with Crippen molar-refractivity contribution in [3.05, 3.63) is 23.9 Å². The highest BCUT2D eigenvalue weighted by atomic mass is 16.5. The van der Waals surface area contributed by atoms with E-state index in [9.17, 15) is 5.11 Å². The van der Waals surface area contributed by atoms with Gasteiger partial charge in [0.1, 0.15) is 5.82 Å². The van der Waals surface area contributed by atoms with Crippen LogP contribution in [-0.2, 0) is 4.74 Å². The topological polar surface area (TPSA) is 57.6 Å². The molecule has 0 radical (unpaired) electrons. The van der Waals surface area contributed by atoms with Crippen LogP contribution in [0.3, 0.4) is 0 Å². The fraction of sp³-hybridized carbons (Fsp3) is 0.667. The van der Waals surface area contributed by atoms with E-state index in [0.717, 1.165) is 18.9 Å². The number of rotatable bonds is 5. The van der Waals surface area contributed by atoms with E-state index in [1.165, 1.54) is 5.56 Å². The molecule has 0 bridgehead atoms. The lowest BCUT2D eigenvalue weighted by Gasteiger charge is -2.38. The highest BCUT2D eigenvalue weighted by Gasteiger charge is 2.27. The van der Waals surface area contributed by atoms with Gasteiger partial charge < -0.3 is 20.1 Å². The van der Waals surface area contributed by atoms with Gasteiger partial charge in [-0.05, 0) is 26.5 Å². The lowest BCUT2D eigenvalue weighted by atomic mass is 10.1. The van der Waals surface area contributed by atoms with E-state index in [-0.39, 0.29) is 24.9 Å². The molecule has 0 spiro atoms. The highest BCUT2D eigenvalue weighted by Crippen LogP contribution is 2.26. The normalized spacial score (nSPS) is 24.7. The molecule has 0 amide bonds. The summed E-state index contributed by atoms with van der Waals surface area (Å²) < 4.78 is 5.70. The van der Waals surface area contributed by atoms with Crippen LogP contribution in [0.5, 0.6) is 0 Å². The number of morpholine rings is 1. The van der Waals surface area contributed by atoms with Crippen LogP contribution in [0.15, 0.2) is 18.3 Å². The average molecular weight is 279 g/mol. The third-order valence-corrected chi connectivity index (χ3v) is 3.62. The molecule has 1 aliphatic heterocycles. The van der Waals surface area contributed by atoms with Gasteiger partial charge in [-0.1, -0.05) is 13.0 Å². The third-order valence-electron chi connectivity index (χ3n) is 3.62. The van der Waals surface area contributed by atoms with Gasteiger partial charge >= 0.3 is 0 Å². The van der Waals surface area contributed by atoms with Gasteiger partial charge in [-0.3, -0.25) is 0 Å². The SMILES string of the molecule is CCNC(C)c1cccnc1N1CC(C)OC(CO)C1. The van der Waals surface area contributed by atoms with Gasteiger partial charge in [0.2, 0.25) is 0 Å². The Labute approximate surface area is 121 Å². The smallest absolute Gasteiger partial charge is 0.133 e. The van der Waals surface area contributed by atoms with Gasteiger partial charge in [0.25, 0.3) is 0 Å². The second-order valence-corrected chi connectivity index (χ2v) is 5.35. The van der Waals surface area contributed by atoms with E-state index in [1.54, 1.807) is 0 Å². The second-order valence-electron chi connectivity index (χ2n) is 5.35. The Morgan fingerprint density at radius 2 is 2.35 bits per heavy atom. The van der Waals surface area contributed by atoms with E-state index in [0.29, 0.717) is 6.54 Å². The van der Waals surface area contributed by atoms with Crippen molar-refractivity contribution in [3.8, 4) is 0 Å². The molecule has 0 saturated carbocycles. The van der Waals surface area contributed by atoms with Gasteiger partial charge in [0, 0.05) is 30.9 Å². The number of pyridine rings is 1. The number of nitrogens with one attached hydrogen (secondary N) is 1. The molecule has 1 aromatic heterocycles. The summed E-state index contributed by atoms with van der Waals surface area (Å²) in [6.45, 7) is 8.75. The van der Waals surface area contributed by atoms with Gasteiger partial charge in [-0.2, -0.15) is 0 Å². The second kappa shape index (κ2) is 7.02. The van der Waals surface area contributed by atoms with E-state index in [2.05, 4.69) is 35.1 Å². The maximum absolute atomic E-state index is 9.35. The Balaban J connectivity index is 2.22. The molecule has 3 unspecified atom stereocenters. The summed E-state index contributed by atoms with van der Waals surface area (Å²) in [7, 11) is 0. The summed E-state index contributed by atoms with van der Waals surface area (Å²) in [6.07, 6.45) is 1.79. The number of aromatic nitrogens is 1. The van der Waals surface area contributed by atoms with E-state index in [1.807, 2.05) is 19.2 Å². The van der Waals surface area contributed by atoms with Gasteiger partial charge in [-0.25, -0.2) is 4.98 Å². The molecular formula is C15H25N3O2. The lowest BCUT2D eigenvalue weighted by Crippen LogP contribution is -2.48. The number of anilines is 1. The fourth-order valence-corrected chi connectivity index (χ4v) is 2.75. The number of aliphatic hydroxyl groups is 1. The Kier molecular flexibility index (Phi) is 5.34. The standard InChI is InChI=1S/C15H25N3O2/c1-4-16-12(3)14-6-5-7-17-15(14)18-8-11(2)20-13(9-18)10-19/h5-7,11-13,16,19H,4,8-10H2,1-3H3. The molecular weight excluding hydrogens is 254 g/mol. The zero-order valence-corrected chi connectivity index (χ0v) is 12.5. The molecule has 1 aromatic rings. The molecule has 2 rings (SSSR count). The number of aliphatic hydroxyl groups excluding tert-OH is 1. The molecule has 20 heavy (non-hydrogen) atoms. The van der Waals surface area contributed by atoms with Crippen molar-refractivity contribution >= 4 is 5.82 Å². The van der Waals surface area contributed by atoms with Crippen molar-refractivity contribution in [1.29, 1.82) is 0 Å². The van der Waals surface area contributed by atoms with Crippen molar-refractivity contribution in [3.63, 3.8) is 0 Å². The maximum Gasteiger partial charge on any atom is 0.133 e. The van der Waals surface area contributed by atoms with Crippen LogP contribution in [-0.4, -0.2) is 48.5 Å². The zero-order valence-electron chi connectivity index (χ0n) is 12.5. The van der Waals surface area contributed by atoms with Crippen molar-refractivity contribution in [2.24, 2.45) is 0 Å². The lowest BCUT2D eigenvalue weighted by molar-refractivity contribution is -0.0423. The van der Waals surface area contributed by atoms with Crippen molar-refractivity contribution in [2.75, 3.05) is 31.1 Å². The first-order chi connectivity index (χ1) is 9.65. The summed E-state index contributed by atoms with van der Waals surface area (Å²) in [5.74, 6) is 0.995. The van der Waals surface area contributed by atoms with E-state index >= 15 is 0 Å².